The molecule has 2 aromatic rings. The molecule has 1 aliphatic heterocycles. The molecule has 0 saturated carbocycles. The quantitative estimate of drug-likeness (QED) is 0.406. The maximum atomic E-state index is 11.8. The van der Waals surface area contributed by atoms with Gasteiger partial charge in [0, 0.05) is 61.5 Å². The van der Waals surface area contributed by atoms with Crippen LogP contribution in [0.1, 0.15) is 24.8 Å². The number of benzene rings is 1. The van der Waals surface area contributed by atoms with Gasteiger partial charge in [0.05, 0.1) is 10.7 Å². The van der Waals surface area contributed by atoms with Gasteiger partial charge in [-0.15, -0.1) is 0 Å². The molecule has 1 aromatic heterocycles. The molecule has 1 saturated heterocycles. The van der Waals surface area contributed by atoms with E-state index in [9.17, 15) is 4.79 Å². The van der Waals surface area contributed by atoms with Gasteiger partial charge in [-0.1, -0.05) is 35.9 Å². The number of carbonyl (C=O) groups excluding carboxylic acids is 1. The molecule has 0 atom stereocenters. The Morgan fingerprint density at radius 1 is 1.23 bits per heavy atom. The Morgan fingerprint density at radius 3 is 2.52 bits per heavy atom. The van der Waals surface area contributed by atoms with Crippen molar-refractivity contribution < 1.29 is 4.79 Å². The number of pyridine rings is 1. The highest BCUT2D eigenvalue weighted by atomic mass is 35.5. The minimum atomic E-state index is -0.260. The summed E-state index contributed by atoms with van der Waals surface area (Å²) in [6.07, 6.45) is 10.3. The fraction of sp³-hybridized carbons (Fsp3) is 0.375. The molecule has 164 valence electrons. The van der Waals surface area contributed by atoms with Gasteiger partial charge in [-0.2, -0.15) is 0 Å². The Morgan fingerprint density at radius 2 is 1.94 bits per heavy atom. The summed E-state index contributed by atoms with van der Waals surface area (Å²) in [5.74, 6) is 0. The molecule has 0 aliphatic carbocycles. The Hall–Kier alpha value is -2.70. The number of aldehydes is 1. The molecular formula is C24H30ClN5O. The first kappa shape index (κ1) is 23.0. The number of nitrogens with zero attached hydrogens (tertiary/aromatic N) is 2. The maximum Gasteiger partial charge on any atom is 0.126 e. The predicted molar refractivity (Wildman–Crippen MR) is 129 cm³/mol. The first-order valence-corrected chi connectivity index (χ1v) is 10.9. The van der Waals surface area contributed by atoms with Gasteiger partial charge >= 0.3 is 0 Å². The second-order valence-corrected chi connectivity index (χ2v) is 8.36. The van der Waals surface area contributed by atoms with Crippen molar-refractivity contribution in [3.63, 3.8) is 0 Å². The molecule has 31 heavy (non-hydrogen) atoms. The summed E-state index contributed by atoms with van der Waals surface area (Å²) in [4.78, 5) is 18.4. The zero-order chi connectivity index (χ0) is 22.3. The van der Waals surface area contributed by atoms with E-state index in [1.165, 1.54) is 6.21 Å². The van der Waals surface area contributed by atoms with E-state index in [0.29, 0.717) is 5.02 Å². The van der Waals surface area contributed by atoms with Gasteiger partial charge < -0.3 is 25.7 Å². The molecule has 0 spiro atoms. The van der Waals surface area contributed by atoms with Crippen molar-refractivity contribution in [2.45, 2.75) is 19.3 Å². The van der Waals surface area contributed by atoms with Crippen LogP contribution < -0.4 is 15.5 Å². The SMILES string of the molecule is CN/C=C(\C=N)c1ccc(-c2cncc(Cl)c2N2CCC(C=O)(CCNC)CC2)cc1. The van der Waals surface area contributed by atoms with Gasteiger partial charge in [0.15, 0.2) is 0 Å². The molecule has 2 heterocycles. The highest BCUT2D eigenvalue weighted by Crippen LogP contribution is 2.41. The lowest BCUT2D eigenvalue weighted by molar-refractivity contribution is -0.117. The molecule has 0 bridgehead atoms. The third kappa shape index (κ3) is 5.14. The van der Waals surface area contributed by atoms with E-state index >= 15 is 0 Å². The van der Waals surface area contributed by atoms with Gasteiger partial charge in [0.2, 0.25) is 0 Å². The second-order valence-electron chi connectivity index (χ2n) is 7.95. The van der Waals surface area contributed by atoms with Crippen LogP contribution in [-0.4, -0.2) is 51.2 Å². The zero-order valence-corrected chi connectivity index (χ0v) is 18.9. The average Bonchev–Trinajstić information content (AvgIpc) is 2.82. The first-order valence-electron chi connectivity index (χ1n) is 10.6. The van der Waals surface area contributed by atoms with Crippen LogP contribution in [0.4, 0.5) is 5.69 Å². The highest BCUT2D eigenvalue weighted by molar-refractivity contribution is 6.33. The number of nitrogens with one attached hydrogen (secondary N) is 3. The summed E-state index contributed by atoms with van der Waals surface area (Å²) < 4.78 is 0. The molecule has 1 aromatic carbocycles. The Bertz CT molecular complexity index is 933. The van der Waals surface area contributed by atoms with Gasteiger partial charge in [-0.25, -0.2) is 0 Å². The van der Waals surface area contributed by atoms with E-state index in [2.05, 4.69) is 20.5 Å². The molecule has 6 nitrogen and oxygen atoms in total. The van der Waals surface area contributed by atoms with Gasteiger partial charge in [-0.05, 0) is 44.0 Å². The van der Waals surface area contributed by atoms with Crippen molar-refractivity contribution in [2.24, 2.45) is 5.41 Å². The minimum Gasteiger partial charge on any atom is -0.393 e. The summed E-state index contributed by atoms with van der Waals surface area (Å²) in [7, 11) is 3.74. The normalized spacial score (nSPS) is 16.1. The molecule has 0 amide bonds. The lowest BCUT2D eigenvalue weighted by atomic mass is 9.77. The fourth-order valence-electron chi connectivity index (χ4n) is 4.14. The van der Waals surface area contributed by atoms with Crippen molar-refractivity contribution in [3.8, 4) is 11.1 Å². The van der Waals surface area contributed by atoms with Crippen molar-refractivity contribution in [3.05, 3.63) is 53.4 Å². The smallest absolute Gasteiger partial charge is 0.126 e. The van der Waals surface area contributed by atoms with Crippen LogP contribution in [0.5, 0.6) is 0 Å². The summed E-state index contributed by atoms with van der Waals surface area (Å²) in [5, 5.41) is 14.4. The van der Waals surface area contributed by atoms with Crippen molar-refractivity contribution >= 4 is 35.4 Å². The van der Waals surface area contributed by atoms with Crippen LogP contribution in [-0.2, 0) is 4.79 Å². The topological polar surface area (TPSA) is 81.1 Å². The average molecular weight is 440 g/mol. The summed E-state index contributed by atoms with van der Waals surface area (Å²) in [5.41, 5.74) is 4.47. The first-order chi connectivity index (χ1) is 15.1. The monoisotopic (exact) mass is 439 g/mol. The van der Waals surface area contributed by atoms with E-state index in [1.54, 1.807) is 12.4 Å². The zero-order valence-electron chi connectivity index (χ0n) is 18.1. The molecule has 7 heteroatoms. The Balaban J connectivity index is 1.87. The van der Waals surface area contributed by atoms with Crippen LogP contribution in [0, 0.1) is 10.8 Å². The molecule has 3 N–H and O–H groups in total. The summed E-state index contributed by atoms with van der Waals surface area (Å²) >= 11 is 6.62. The van der Waals surface area contributed by atoms with Crippen LogP contribution in [0.2, 0.25) is 5.02 Å². The number of piperidine rings is 1. The number of anilines is 1. The molecule has 3 rings (SSSR count). The van der Waals surface area contributed by atoms with Crippen LogP contribution in [0.25, 0.3) is 16.7 Å². The number of carbonyl (C=O) groups is 1. The number of hydrogen-bond acceptors (Lipinski definition) is 6. The van der Waals surface area contributed by atoms with Crippen LogP contribution in [0.3, 0.4) is 0 Å². The Labute approximate surface area is 189 Å². The maximum absolute atomic E-state index is 11.8. The van der Waals surface area contributed by atoms with E-state index in [0.717, 1.165) is 73.1 Å². The van der Waals surface area contributed by atoms with Crippen LogP contribution in [0.15, 0.2) is 42.9 Å². The van der Waals surface area contributed by atoms with Crippen molar-refractivity contribution in [1.82, 2.24) is 15.6 Å². The number of aromatic nitrogens is 1. The molecule has 0 unspecified atom stereocenters. The number of rotatable bonds is 9. The van der Waals surface area contributed by atoms with E-state index in [-0.39, 0.29) is 5.41 Å². The summed E-state index contributed by atoms with van der Waals surface area (Å²) in [6.45, 7) is 2.40. The standard InChI is InChI=1S/C24H30ClN5O/c1-27-10-7-24(17-31)8-11-30(12-9-24)23-21(15-29-16-22(23)25)19-5-3-18(4-6-19)20(13-26)14-28-2/h3-6,13-17,26-28H,7-12H2,1-2H3/b20-14+,26-13?. The number of halogens is 1. The number of hydrogen-bond donors (Lipinski definition) is 3. The second kappa shape index (κ2) is 10.6. The van der Waals surface area contributed by atoms with Crippen molar-refractivity contribution in [1.29, 1.82) is 5.41 Å². The Kier molecular flexibility index (Phi) is 7.82. The third-order valence-corrected chi connectivity index (χ3v) is 6.33. The molecule has 1 fully saturated rings. The van der Waals surface area contributed by atoms with Gasteiger partial charge in [0.1, 0.15) is 6.29 Å². The van der Waals surface area contributed by atoms with Crippen molar-refractivity contribution in [2.75, 3.05) is 38.6 Å². The highest BCUT2D eigenvalue weighted by Gasteiger charge is 2.35. The molecule has 0 radical (unpaired) electrons. The third-order valence-electron chi connectivity index (χ3n) is 6.06. The fourth-order valence-corrected chi connectivity index (χ4v) is 4.42. The molecule has 1 aliphatic rings. The lowest BCUT2D eigenvalue weighted by Crippen LogP contribution is -2.42. The minimum absolute atomic E-state index is 0.260. The summed E-state index contributed by atoms with van der Waals surface area (Å²) in [6, 6.07) is 8.07. The largest absolute Gasteiger partial charge is 0.393 e. The number of allylic oxidation sites excluding steroid dienone is 1. The van der Waals surface area contributed by atoms with E-state index < -0.39 is 0 Å². The molecular weight excluding hydrogens is 410 g/mol. The van der Waals surface area contributed by atoms with Gasteiger partial charge in [0.25, 0.3) is 0 Å². The lowest BCUT2D eigenvalue weighted by Gasteiger charge is -2.40. The predicted octanol–water partition coefficient (Wildman–Crippen LogP) is 4.01. The van der Waals surface area contributed by atoms with Gasteiger partial charge in [-0.3, -0.25) is 4.98 Å². The van der Waals surface area contributed by atoms with E-state index in [1.807, 2.05) is 44.6 Å². The van der Waals surface area contributed by atoms with E-state index in [4.69, 9.17) is 17.0 Å². The van der Waals surface area contributed by atoms with Crippen LogP contribution >= 0.6 is 11.6 Å².